The summed E-state index contributed by atoms with van der Waals surface area (Å²) in [5.74, 6) is 2.16. The Morgan fingerprint density at radius 3 is 2.43 bits per heavy atom. The first-order chi connectivity index (χ1) is 6.72. The molecule has 0 aromatic rings. The van der Waals surface area contributed by atoms with Gasteiger partial charge in [-0.05, 0) is 25.2 Å². The largest absolute Gasteiger partial charge is 0.327 e. The maximum atomic E-state index is 5.78. The lowest BCUT2D eigenvalue weighted by atomic mass is 10.1. The molecule has 1 saturated carbocycles. The monoisotopic (exact) mass is 195 g/mol. The van der Waals surface area contributed by atoms with Gasteiger partial charge in [0.05, 0.1) is 0 Å². The molecule has 0 amide bonds. The van der Waals surface area contributed by atoms with Crippen molar-refractivity contribution in [2.45, 2.75) is 25.4 Å². The number of nitrogens with two attached hydrogens (primary N) is 1. The molecule has 3 aliphatic rings. The minimum Gasteiger partial charge on any atom is -0.327 e. The third kappa shape index (κ3) is 1.58. The first-order valence-electron chi connectivity index (χ1n) is 5.94. The minimum absolute atomic E-state index is 0.336. The summed E-state index contributed by atoms with van der Waals surface area (Å²) in [5.41, 5.74) is 5.78. The summed E-state index contributed by atoms with van der Waals surface area (Å²) < 4.78 is 0. The van der Waals surface area contributed by atoms with E-state index in [2.05, 4.69) is 16.7 Å². The zero-order chi connectivity index (χ0) is 9.71. The maximum Gasteiger partial charge on any atom is 0.0350 e. The summed E-state index contributed by atoms with van der Waals surface area (Å²) in [5, 5.41) is 0. The van der Waals surface area contributed by atoms with Crippen LogP contribution in [0.2, 0.25) is 0 Å². The SMILES string of the molecule is CC(N)CN1CC(N2CC3CC3C2)C1. The van der Waals surface area contributed by atoms with E-state index in [4.69, 9.17) is 5.73 Å². The van der Waals surface area contributed by atoms with E-state index in [0.717, 1.165) is 24.4 Å². The average molecular weight is 195 g/mol. The van der Waals surface area contributed by atoms with Gasteiger partial charge in [-0.2, -0.15) is 0 Å². The number of likely N-dealkylation sites (tertiary alicyclic amines) is 2. The Bertz CT molecular complexity index is 213. The molecule has 2 N–H and O–H groups in total. The predicted octanol–water partition coefficient (Wildman–Crippen LogP) is -0.0305. The summed E-state index contributed by atoms with van der Waals surface area (Å²) in [6.07, 6.45) is 1.52. The van der Waals surface area contributed by atoms with Crippen molar-refractivity contribution in [3.05, 3.63) is 0 Å². The van der Waals surface area contributed by atoms with Gasteiger partial charge in [-0.15, -0.1) is 0 Å². The van der Waals surface area contributed by atoms with Crippen molar-refractivity contribution >= 4 is 0 Å². The van der Waals surface area contributed by atoms with Gasteiger partial charge in [0.1, 0.15) is 0 Å². The van der Waals surface area contributed by atoms with Gasteiger partial charge >= 0.3 is 0 Å². The van der Waals surface area contributed by atoms with E-state index in [1.54, 1.807) is 0 Å². The highest BCUT2D eigenvalue weighted by atomic mass is 15.3. The van der Waals surface area contributed by atoms with Crippen LogP contribution in [0.3, 0.4) is 0 Å². The molecule has 3 rings (SSSR count). The Morgan fingerprint density at radius 1 is 1.21 bits per heavy atom. The quantitative estimate of drug-likeness (QED) is 0.686. The standard InChI is InChI=1S/C11H21N3/c1-8(12)3-13-6-11(7-13)14-4-9-2-10(9)5-14/h8-11H,2-7,12H2,1H3. The lowest BCUT2D eigenvalue weighted by Crippen LogP contribution is -2.60. The van der Waals surface area contributed by atoms with Gasteiger partial charge in [0.15, 0.2) is 0 Å². The lowest BCUT2D eigenvalue weighted by molar-refractivity contribution is 0.0386. The number of hydrogen-bond acceptors (Lipinski definition) is 3. The van der Waals surface area contributed by atoms with Crippen LogP contribution in [-0.4, -0.2) is 54.6 Å². The third-order valence-corrected chi connectivity index (χ3v) is 4.01. The van der Waals surface area contributed by atoms with Crippen LogP contribution >= 0.6 is 0 Å². The van der Waals surface area contributed by atoms with Gasteiger partial charge in [0, 0.05) is 44.8 Å². The highest BCUT2D eigenvalue weighted by Gasteiger charge is 2.48. The molecule has 0 aromatic heterocycles. The van der Waals surface area contributed by atoms with Gasteiger partial charge in [-0.25, -0.2) is 0 Å². The second-order valence-electron chi connectivity index (χ2n) is 5.56. The molecule has 0 radical (unpaired) electrons. The predicted molar refractivity (Wildman–Crippen MR) is 57.0 cm³/mol. The Labute approximate surface area is 86.2 Å². The summed E-state index contributed by atoms with van der Waals surface area (Å²) in [6.45, 7) is 8.49. The first-order valence-corrected chi connectivity index (χ1v) is 5.94. The van der Waals surface area contributed by atoms with Crippen LogP contribution in [-0.2, 0) is 0 Å². The Morgan fingerprint density at radius 2 is 1.86 bits per heavy atom. The zero-order valence-corrected chi connectivity index (χ0v) is 9.02. The van der Waals surface area contributed by atoms with Crippen LogP contribution in [0.4, 0.5) is 0 Å². The number of nitrogens with zero attached hydrogens (tertiary/aromatic N) is 2. The second-order valence-corrected chi connectivity index (χ2v) is 5.56. The molecule has 0 aromatic carbocycles. The molecule has 0 spiro atoms. The van der Waals surface area contributed by atoms with Crippen LogP contribution in [0, 0.1) is 11.8 Å². The van der Waals surface area contributed by atoms with Crippen LogP contribution in [0.1, 0.15) is 13.3 Å². The van der Waals surface area contributed by atoms with E-state index in [1.165, 1.54) is 32.6 Å². The number of rotatable bonds is 3. The van der Waals surface area contributed by atoms with E-state index in [1.807, 2.05) is 0 Å². The molecule has 14 heavy (non-hydrogen) atoms. The fraction of sp³-hybridized carbons (Fsp3) is 1.00. The molecule has 3 fully saturated rings. The Kier molecular flexibility index (Phi) is 2.08. The van der Waals surface area contributed by atoms with Crippen molar-refractivity contribution in [3.63, 3.8) is 0 Å². The molecular formula is C11H21N3. The van der Waals surface area contributed by atoms with Gasteiger partial charge in [-0.3, -0.25) is 9.80 Å². The molecular weight excluding hydrogens is 174 g/mol. The smallest absolute Gasteiger partial charge is 0.0350 e. The lowest BCUT2D eigenvalue weighted by Gasteiger charge is -2.45. The molecule has 80 valence electrons. The topological polar surface area (TPSA) is 32.5 Å². The molecule has 3 heteroatoms. The molecule has 3 atom stereocenters. The number of piperidine rings is 1. The van der Waals surface area contributed by atoms with Crippen molar-refractivity contribution in [1.29, 1.82) is 0 Å². The van der Waals surface area contributed by atoms with Gasteiger partial charge in [0.2, 0.25) is 0 Å². The summed E-state index contributed by atoms with van der Waals surface area (Å²) in [6, 6.07) is 1.20. The van der Waals surface area contributed by atoms with E-state index in [9.17, 15) is 0 Å². The average Bonchev–Trinajstić information content (AvgIpc) is 2.65. The Hall–Kier alpha value is -0.120. The van der Waals surface area contributed by atoms with Gasteiger partial charge < -0.3 is 5.73 Å². The fourth-order valence-electron chi connectivity index (χ4n) is 3.06. The van der Waals surface area contributed by atoms with Crippen molar-refractivity contribution in [2.75, 3.05) is 32.7 Å². The molecule has 2 aliphatic heterocycles. The molecule has 0 bridgehead atoms. The zero-order valence-electron chi connectivity index (χ0n) is 9.02. The maximum absolute atomic E-state index is 5.78. The van der Waals surface area contributed by atoms with Crippen LogP contribution in [0.5, 0.6) is 0 Å². The van der Waals surface area contributed by atoms with Gasteiger partial charge in [-0.1, -0.05) is 0 Å². The van der Waals surface area contributed by atoms with Crippen molar-refractivity contribution in [1.82, 2.24) is 9.80 Å². The summed E-state index contributed by atoms with van der Waals surface area (Å²) in [4.78, 5) is 5.19. The normalized spacial score (nSPS) is 40.7. The van der Waals surface area contributed by atoms with E-state index in [0.29, 0.717) is 6.04 Å². The molecule has 2 heterocycles. The van der Waals surface area contributed by atoms with Crippen LogP contribution in [0.25, 0.3) is 0 Å². The number of hydrogen-bond donors (Lipinski definition) is 1. The third-order valence-electron chi connectivity index (χ3n) is 4.01. The van der Waals surface area contributed by atoms with E-state index < -0.39 is 0 Å². The minimum atomic E-state index is 0.336. The highest BCUT2D eigenvalue weighted by molar-refractivity contribution is 5.01. The fourth-order valence-corrected chi connectivity index (χ4v) is 3.06. The van der Waals surface area contributed by atoms with Crippen molar-refractivity contribution in [2.24, 2.45) is 17.6 Å². The first kappa shape index (κ1) is 9.13. The summed E-state index contributed by atoms with van der Waals surface area (Å²) in [7, 11) is 0. The van der Waals surface area contributed by atoms with Crippen molar-refractivity contribution < 1.29 is 0 Å². The van der Waals surface area contributed by atoms with E-state index >= 15 is 0 Å². The molecule has 3 unspecified atom stereocenters. The Balaban J connectivity index is 1.41. The van der Waals surface area contributed by atoms with Gasteiger partial charge in [0.25, 0.3) is 0 Å². The van der Waals surface area contributed by atoms with Crippen LogP contribution < -0.4 is 5.73 Å². The van der Waals surface area contributed by atoms with Crippen molar-refractivity contribution in [3.8, 4) is 0 Å². The molecule has 1 aliphatic carbocycles. The molecule has 2 saturated heterocycles. The molecule has 3 nitrogen and oxygen atoms in total. The summed E-state index contributed by atoms with van der Waals surface area (Å²) >= 11 is 0. The highest BCUT2D eigenvalue weighted by Crippen LogP contribution is 2.46. The second kappa shape index (κ2) is 3.19. The van der Waals surface area contributed by atoms with Crippen LogP contribution in [0.15, 0.2) is 0 Å². The number of fused-ring (bicyclic) bond motifs is 1. The van der Waals surface area contributed by atoms with E-state index in [-0.39, 0.29) is 0 Å².